The SMILES string of the molecule is CCCc1ccc2c(Nc3cc(C)ccc3Sc3ccc(OS(C)(=O)=O)cc3)ccnc2n1. The van der Waals surface area contributed by atoms with E-state index in [4.69, 9.17) is 9.17 Å². The predicted molar refractivity (Wildman–Crippen MR) is 134 cm³/mol. The highest BCUT2D eigenvalue weighted by atomic mass is 32.2. The molecule has 6 nitrogen and oxygen atoms in total. The number of pyridine rings is 2. The summed E-state index contributed by atoms with van der Waals surface area (Å²) in [4.78, 5) is 11.2. The molecule has 0 amide bonds. The quantitative estimate of drug-likeness (QED) is 0.305. The van der Waals surface area contributed by atoms with Gasteiger partial charge in [-0.1, -0.05) is 31.2 Å². The van der Waals surface area contributed by atoms with Crippen LogP contribution in [-0.2, 0) is 16.5 Å². The number of anilines is 2. The van der Waals surface area contributed by atoms with Crippen molar-refractivity contribution in [2.24, 2.45) is 0 Å². The maximum Gasteiger partial charge on any atom is 0.306 e. The van der Waals surface area contributed by atoms with Crippen molar-refractivity contribution in [3.63, 3.8) is 0 Å². The first kappa shape index (κ1) is 23.1. The Morgan fingerprint density at radius 2 is 1.79 bits per heavy atom. The minimum absolute atomic E-state index is 0.294. The van der Waals surface area contributed by atoms with E-state index in [1.165, 1.54) is 0 Å². The Morgan fingerprint density at radius 3 is 2.52 bits per heavy atom. The molecule has 0 saturated carbocycles. The molecule has 2 aromatic carbocycles. The summed E-state index contributed by atoms with van der Waals surface area (Å²) >= 11 is 1.58. The van der Waals surface area contributed by atoms with Crippen molar-refractivity contribution in [1.82, 2.24) is 9.97 Å². The summed E-state index contributed by atoms with van der Waals surface area (Å²) in [6.07, 6.45) is 4.78. The molecule has 0 unspecified atom stereocenters. The Bertz CT molecular complexity index is 1390. The zero-order chi connectivity index (χ0) is 23.4. The molecule has 0 bridgehead atoms. The molecule has 4 aromatic rings. The fourth-order valence-electron chi connectivity index (χ4n) is 3.41. The van der Waals surface area contributed by atoms with E-state index >= 15 is 0 Å². The standard InChI is InChI=1S/C25H25N3O3S2/c1-4-5-18-7-12-21-22(14-15-26-25(21)27-18)28-23-16-17(2)6-13-24(23)32-20-10-8-19(9-11-20)31-33(3,29)30/h6-16H,4-5H2,1-3H3,(H,26,27,28). The molecule has 0 aliphatic rings. The van der Waals surface area contributed by atoms with Gasteiger partial charge in [-0.3, -0.25) is 0 Å². The number of nitrogens with zero attached hydrogens (tertiary/aromatic N) is 2. The van der Waals surface area contributed by atoms with Crippen LogP contribution in [0.3, 0.4) is 0 Å². The average Bonchev–Trinajstić information content (AvgIpc) is 2.76. The van der Waals surface area contributed by atoms with Crippen LogP contribution in [0.5, 0.6) is 5.75 Å². The third-order valence-electron chi connectivity index (χ3n) is 4.87. The number of benzene rings is 2. The number of aromatic nitrogens is 2. The second-order valence-corrected chi connectivity index (χ2v) is 10.5. The summed E-state index contributed by atoms with van der Waals surface area (Å²) in [5, 5.41) is 4.54. The molecule has 0 spiro atoms. The van der Waals surface area contributed by atoms with Crippen LogP contribution in [0.15, 0.2) is 76.7 Å². The number of fused-ring (bicyclic) bond motifs is 1. The third-order valence-corrected chi connectivity index (χ3v) is 6.45. The zero-order valence-corrected chi connectivity index (χ0v) is 20.3. The third kappa shape index (κ3) is 6.03. The first-order valence-corrected chi connectivity index (χ1v) is 13.2. The molecule has 0 saturated heterocycles. The molecule has 2 aromatic heterocycles. The van der Waals surface area contributed by atoms with Crippen molar-refractivity contribution in [3.8, 4) is 5.75 Å². The highest BCUT2D eigenvalue weighted by Crippen LogP contribution is 2.37. The largest absolute Gasteiger partial charge is 0.383 e. The molecule has 0 radical (unpaired) electrons. The Morgan fingerprint density at radius 1 is 1.00 bits per heavy atom. The van der Waals surface area contributed by atoms with Gasteiger partial charge in [-0.2, -0.15) is 8.42 Å². The highest BCUT2D eigenvalue weighted by Gasteiger charge is 2.10. The van der Waals surface area contributed by atoms with E-state index in [0.717, 1.165) is 62.6 Å². The smallest absolute Gasteiger partial charge is 0.306 e. The molecule has 4 rings (SSSR count). The topological polar surface area (TPSA) is 81.2 Å². The zero-order valence-electron chi connectivity index (χ0n) is 18.7. The Balaban J connectivity index is 1.62. The summed E-state index contributed by atoms with van der Waals surface area (Å²) in [6.45, 7) is 4.20. The van der Waals surface area contributed by atoms with Crippen molar-refractivity contribution < 1.29 is 12.6 Å². The lowest BCUT2D eigenvalue weighted by Crippen LogP contribution is -2.05. The van der Waals surface area contributed by atoms with E-state index in [1.54, 1.807) is 30.1 Å². The molecule has 8 heteroatoms. The summed E-state index contributed by atoms with van der Waals surface area (Å²) in [5.41, 5.74) is 4.83. The average molecular weight is 480 g/mol. The summed E-state index contributed by atoms with van der Waals surface area (Å²) < 4.78 is 27.6. The molecular weight excluding hydrogens is 454 g/mol. The van der Waals surface area contributed by atoms with Crippen molar-refractivity contribution >= 4 is 44.3 Å². The van der Waals surface area contributed by atoms with Gasteiger partial charge in [0.05, 0.1) is 17.6 Å². The summed E-state index contributed by atoms with van der Waals surface area (Å²) in [6, 6.07) is 19.3. The lowest BCUT2D eigenvalue weighted by Gasteiger charge is -2.15. The van der Waals surface area contributed by atoms with Crippen LogP contribution in [-0.4, -0.2) is 24.6 Å². The molecule has 0 aliphatic carbocycles. The number of hydrogen-bond donors (Lipinski definition) is 1. The van der Waals surface area contributed by atoms with Gasteiger partial charge in [0.15, 0.2) is 5.65 Å². The van der Waals surface area contributed by atoms with E-state index < -0.39 is 10.1 Å². The van der Waals surface area contributed by atoms with Crippen molar-refractivity contribution in [2.75, 3.05) is 11.6 Å². The predicted octanol–water partition coefficient (Wildman–Crippen LogP) is 6.12. The van der Waals surface area contributed by atoms with Gasteiger partial charge in [-0.25, -0.2) is 9.97 Å². The molecule has 2 heterocycles. The Labute approximate surface area is 198 Å². The Hall–Kier alpha value is -3.10. The fourth-order valence-corrected chi connectivity index (χ4v) is 4.76. The fraction of sp³-hybridized carbons (Fsp3) is 0.200. The van der Waals surface area contributed by atoms with Gasteiger partial charge in [0.25, 0.3) is 0 Å². The highest BCUT2D eigenvalue weighted by molar-refractivity contribution is 7.99. The van der Waals surface area contributed by atoms with Gasteiger partial charge in [-0.05, 0) is 73.5 Å². The van der Waals surface area contributed by atoms with Crippen LogP contribution in [0, 0.1) is 6.92 Å². The molecule has 0 fully saturated rings. The van der Waals surface area contributed by atoms with Crippen molar-refractivity contribution in [1.29, 1.82) is 0 Å². The molecule has 170 valence electrons. The molecule has 33 heavy (non-hydrogen) atoms. The number of nitrogens with one attached hydrogen (secondary N) is 1. The lowest BCUT2D eigenvalue weighted by atomic mass is 10.1. The van der Waals surface area contributed by atoms with Crippen LogP contribution >= 0.6 is 11.8 Å². The summed E-state index contributed by atoms with van der Waals surface area (Å²) in [7, 11) is -3.55. The van der Waals surface area contributed by atoms with Crippen molar-refractivity contribution in [2.45, 2.75) is 36.5 Å². The van der Waals surface area contributed by atoms with Gasteiger partial charge in [0, 0.05) is 27.1 Å². The molecule has 1 N–H and O–H groups in total. The van der Waals surface area contributed by atoms with Crippen LogP contribution < -0.4 is 9.50 Å². The van der Waals surface area contributed by atoms with Crippen molar-refractivity contribution in [3.05, 3.63) is 78.1 Å². The van der Waals surface area contributed by atoms with Crippen LogP contribution in [0.1, 0.15) is 24.6 Å². The number of hydrogen-bond acceptors (Lipinski definition) is 7. The normalized spacial score (nSPS) is 11.5. The van der Waals surface area contributed by atoms with E-state index in [0.29, 0.717) is 5.75 Å². The Kier molecular flexibility index (Phi) is 6.85. The van der Waals surface area contributed by atoms with Gasteiger partial charge in [0.2, 0.25) is 0 Å². The minimum atomic E-state index is -3.55. The second kappa shape index (κ2) is 9.80. The minimum Gasteiger partial charge on any atom is -0.383 e. The van der Waals surface area contributed by atoms with Crippen LogP contribution in [0.2, 0.25) is 0 Å². The van der Waals surface area contributed by atoms with Gasteiger partial charge < -0.3 is 9.50 Å². The van der Waals surface area contributed by atoms with E-state index in [2.05, 4.69) is 54.5 Å². The van der Waals surface area contributed by atoms with E-state index in [-0.39, 0.29) is 0 Å². The maximum absolute atomic E-state index is 11.3. The van der Waals surface area contributed by atoms with Gasteiger partial charge in [0.1, 0.15) is 5.75 Å². The molecule has 0 aliphatic heterocycles. The second-order valence-electron chi connectivity index (χ2n) is 7.77. The molecule has 0 atom stereocenters. The van der Waals surface area contributed by atoms with Crippen LogP contribution in [0.4, 0.5) is 11.4 Å². The lowest BCUT2D eigenvalue weighted by molar-refractivity contribution is 0.493. The van der Waals surface area contributed by atoms with E-state index in [1.807, 2.05) is 18.2 Å². The van der Waals surface area contributed by atoms with Gasteiger partial charge >= 0.3 is 10.1 Å². The summed E-state index contributed by atoms with van der Waals surface area (Å²) in [5.74, 6) is 0.294. The van der Waals surface area contributed by atoms with Crippen LogP contribution in [0.25, 0.3) is 11.0 Å². The monoisotopic (exact) mass is 479 g/mol. The molecular formula is C25H25N3O3S2. The van der Waals surface area contributed by atoms with Gasteiger partial charge in [-0.15, -0.1) is 0 Å². The van der Waals surface area contributed by atoms with E-state index in [9.17, 15) is 8.42 Å². The first-order valence-electron chi connectivity index (χ1n) is 10.6. The number of rotatable bonds is 8. The number of aryl methyl sites for hydroxylation is 2. The first-order chi connectivity index (χ1) is 15.8. The maximum atomic E-state index is 11.3.